The van der Waals surface area contributed by atoms with Crippen LogP contribution in [0.25, 0.3) is 22.6 Å². The van der Waals surface area contributed by atoms with E-state index in [0.717, 1.165) is 72.7 Å². The van der Waals surface area contributed by atoms with Crippen molar-refractivity contribution in [2.75, 3.05) is 13.2 Å². The van der Waals surface area contributed by atoms with Crippen LogP contribution in [-0.2, 0) is 11.2 Å². The third kappa shape index (κ3) is 5.32. The molecule has 4 aromatic rings. The van der Waals surface area contributed by atoms with Gasteiger partial charge in [0.05, 0.1) is 12.0 Å². The number of aromatic nitrogens is 1. The van der Waals surface area contributed by atoms with E-state index in [9.17, 15) is 9.90 Å². The first-order valence-electron chi connectivity index (χ1n) is 13.0. The summed E-state index contributed by atoms with van der Waals surface area (Å²) in [7, 11) is 0. The van der Waals surface area contributed by atoms with Crippen LogP contribution in [0.2, 0.25) is 0 Å². The molecule has 0 bridgehead atoms. The predicted octanol–water partition coefficient (Wildman–Crippen LogP) is 2.36. The van der Waals surface area contributed by atoms with Crippen LogP contribution < -0.4 is 39.4 Å². The molecule has 7 heteroatoms. The molecule has 38 heavy (non-hydrogen) atoms. The third-order valence-electron chi connectivity index (χ3n) is 7.48. The Hall–Kier alpha value is -2.90. The van der Waals surface area contributed by atoms with Crippen LogP contribution in [0.1, 0.15) is 54.8 Å². The summed E-state index contributed by atoms with van der Waals surface area (Å²) in [6, 6.07) is 26.6. The number of nitrogens with zero attached hydrogens (tertiary/aromatic N) is 2. The van der Waals surface area contributed by atoms with Gasteiger partial charge in [0.1, 0.15) is 18.1 Å². The van der Waals surface area contributed by atoms with E-state index in [1.807, 2.05) is 48.5 Å². The molecule has 1 aliphatic heterocycles. The van der Waals surface area contributed by atoms with E-state index in [-0.39, 0.29) is 41.6 Å². The van der Waals surface area contributed by atoms with E-state index >= 15 is 0 Å². The summed E-state index contributed by atoms with van der Waals surface area (Å²) in [5.74, 6) is 0.996. The Kier molecular flexibility index (Phi) is 8.34. The van der Waals surface area contributed by atoms with E-state index in [1.165, 1.54) is 5.56 Å². The van der Waals surface area contributed by atoms with Gasteiger partial charge in [0.2, 0.25) is 5.89 Å². The van der Waals surface area contributed by atoms with Crippen molar-refractivity contribution in [2.45, 2.75) is 44.2 Å². The minimum Gasteiger partial charge on any atom is -0.546 e. The minimum atomic E-state index is -1.21. The fraction of sp³-hybridized carbons (Fsp3) is 0.290. The summed E-state index contributed by atoms with van der Waals surface area (Å²) >= 11 is 0. The number of benzene rings is 3. The molecule has 1 fully saturated rings. The zero-order valence-corrected chi connectivity index (χ0v) is 23.6. The second-order valence-corrected chi connectivity index (χ2v) is 9.75. The molecule has 188 valence electrons. The van der Waals surface area contributed by atoms with Crippen LogP contribution in [0, 0.1) is 0 Å². The topological polar surface area (TPSA) is 78.6 Å². The van der Waals surface area contributed by atoms with Gasteiger partial charge in [0, 0.05) is 17.2 Å². The van der Waals surface area contributed by atoms with Crippen LogP contribution in [0.15, 0.2) is 83.3 Å². The number of hydrogen-bond donors (Lipinski definition) is 0. The van der Waals surface area contributed by atoms with Crippen LogP contribution in [0.3, 0.4) is 0 Å². The average molecular weight is 517 g/mol. The maximum atomic E-state index is 11.0. The molecule has 2 heterocycles. The van der Waals surface area contributed by atoms with Crippen molar-refractivity contribution in [1.82, 2.24) is 9.88 Å². The number of carbonyl (C=O) groups is 1. The number of carboxylic acid groups (broad SMARTS) is 1. The predicted molar refractivity (Wildman–Crippen MR) is 139 cm³/mol. The molecular weight excluding hydrogens is 487 g/mol. The van der Waals surface area contributed by atoms with Crippen LogP contribution in [-0.4, -0.2) is 29.0 Å². The van der Waals surface area contributed by atoms with E-state index in [2.05, 4.69) is 35.2 Å². The quantitative estimate of drug-likeness (QED) is 0.351. The number of likely N-dealkylation sites (tertiary alicyclic amines) is 1. The molecule has 0 radical (unpaired) electrons. The molecule has 1 aliphatic carbocycles. The molecule has 0 N–H and O–H groups in total. The Morgan fingerprint density at radius 2 is 1.63 bits per heavy atom. The van der Waals surface area contributed by atoms with Crippen molar-refractivity contribution in [3.05, 3.63) is 95.9 Å². The van der Waals surface area contributed by atoms with Crippen molar-refractivity contribution < 1.29 is 48.6 Å². The Balaban J connectivity index is 0.00000294. The molecule has 0 unspecified atom stereocenters. The molecule has 0 saturated carbocycles. The first kappa shape index (κ1) is 26.7. The van der Waals surface area contributed by atoms with Crippen molar-refractivity contribution in [1.29, 1.82) is 0 Å². The molecule has 0 amide bonds. The summed E-state index contributed by atoms with van der Waals surface area (Å²) in [5.41, 5.74) is 5.25. The number of rotatable bonds is 7. The van der Waals surface area contributed by atoms with Crippen LogP contribution >= 0.6 is 0 Å². The van der Waals surface area contributed by atoms with Crippen molar-refractivity contribution in [3.63, 3.8) is 0 Å². The fourth-order valence-electron chi connectivity index (χ4n) is 5.89. The summed E-state index contributed by atoms with van der Waals surface area (Å²) in [4.78, 5) is 18.6. The maximum Gasteiger partial charge on any atom is 1.00 e. The van der Waals surface area contributed by atoms with Gasteiger partial charge in [-0.3, -0.25) is 4.90 Å². The number of oxazole rings is 1. The number of carboxylic acids is 1. The largest absolute Gasteiger partial charge is 1.00 e. The molecule has 2 aliphatic rings. The zero-order valence-electron chi connectivity index (χ0n) is 21.6. The van der Waals surface area contributed by atoms with Crippen molar-refractivity contribution in [2.24, 2.45) is 0 Å². The van der Waals surface area contributed by atoms with Gasteiger partial charge in [-0.1, -0.05) is 72.8 Å². The van der Waals surface area contributed by atoms with Crippen LogP contribution in [0.5, 0.6) is 5.75 Å². The van der Waals surface area contributed by atoms with E-state index in [0.29, 0.717) is 5.75 Å². The monoisotopic (exact) mass is 516 g/mol. The van der Waals surface area contributed by atoms with Gasteiger partial charge in [-0.05, 0) is 55.8 Å². The Morgan fingerprint density at radius 1 is 0.921 bits per heavy atom. The molecule has 6 nitrogen and oxygen atoms in total. The number of aliphatic carboxylic acids is 1. The summed E-state index contributed by atoms with van der Waals surface area (Å²) in [6.07, 6.45) is 4.98. The van der Waals surface area contributed by atoms with Gasteiger partial charge >= 0.3 is 29.6 Å². The number of hydrogen-bond acceptors (Lipinski definition) is 6. The van der Waals surface area contributed by atoms with Crippen molar-refractivity contribution >= 4 is 5.97 Å². The SMILES string of the molecule is O=C([O-])COc1cccc2c1CCC[C@H]2N1CCC[C@H]1c1nc(-c2ccccc2)c(-c2ccccc2)o1.[Na+]. The Morgan fingerprint density at radius 3 is 2.37 bits per heavy atom. The summed E-state index contributed by atoms with van der Waals surface area (Å²) in [6.45, 7) is 0.525. The molecule has 1 saturated heterocycles. The molecule has 6 rings (SSSR count). The summed E-state index contributed by atoms with van der Waals surface area (Å²) in [5, 5.41) is 11.0. The van der Waals surface area contributed by atoms with Gasteiger partial charge in [-0.25, -0.2) is 4.98 Å². The van der Waals surface area contributed by atoms with E-state index in [4.69, 9.17) is 14.1 Å². The van der Waals surface area contributed by atoms with E-state index in [1.54, 1.807) is 0 Å². The summed E-state index contributed by atoms with van der Waals surface area (Å²) < 4.78 is 12.2. The molecule has 0 spiro atoms. The van der Waals surface area contributed by atoms with E-state index < -0.39 is 12.6 Å². The third-order valence-corrected chi connectivity index (χ3v) is 7.48. The molecule has 2 atom stereocenters. The fourth-order valence-corrected chi connectivity index (χ4v) is 5.89. The van der Waals surface area contributed by atoms with Crippen LogP contribution in [0.4, 0.5) is 0 Å². The number of ether oxygens (including phenoxy) is 1. The number of fused-ring (bicyclic) bond motifs is 1. The van der Waals surface area contributed by atoms with Crippen molar-refractivity contribution in [3.8, 4) is 28.3 Å². The van der Waals surface area contributed by atoms with Gasteiger partial charge < -0.3 is 19.1 Å². The standard InChI is InChI=1S/C31H30N2O4.Na/c34-28(35)20-36-27-18-8-14-23-24(27)15-7-16-25(23)33-19-9-17-26(33)31-32-29(21-10-3-1-4-11-21)30(37-31)22-12-5-2-6-13-22;/h1-6,8,10-14,18,25-26H,7,9,15-17,19-20H2,(H,34,35);/q;+1/p-1/t25-,26+;/m1./s1. The van der Waals surface area contributed by atoms with Gasteiger partial charge in [0.15, 0.2) is 5.76 Å². The van der Waals surface area contributed by atoms with Gasteiger partial charge in [-0.15, -0.1) is 0 Å². The minimum absolute atomic E-state index is 0. The van der Waals surface area contributed by atoms with Gasteiger partial charge in [-0.2, -0.15) is 0 Å². The average Bonchev–Trinajstić information content (AvgIpc) is 3.60. The smallest absolute Gasteiger partial charge is 0.546 e. The normalized spacial score (nSPS) is 18.9. The second-order valence-electron chi connectivity index (χ2n) is 9.75. The molecular formula is C31H29N2NaO4. The second kappa shape index (κ2) is 11.9. The van der Waals surface area contributed by atoms with Gasteiger partial charge in [0.25, 0.3) is 0 Å². The first-order valence-corrected chi connectivity index (χ1v) is 13.0. The first-order chi connectivity index (χ1) is 18.2. The molecule has 1 aromatic heterocycles. The Labute approximate surface area is 244 Å². The molecule has 3 aromatic carbocycles. The Bertz CT molecular complexity index is 1330. The number of carbonyl (C=O) groups excluding carboxylic acids is 1. The maximum absolute atomic E-state index is 11.0. The zero-order chi connectivity index (χ0) is 25.2.